The minimum absolute atomic E-state index is 0.635. The first-order valence-electron chi connectivity index (χ1n) is 7.49. The quantitative estimate of drug-likeness (QED) is 0.652. The van der Waals surface area contributed by atoms with Gasteiger partial charge in [-0.05, 0) is 49.7 Å². The van der Waals surface area contributed by atoms with Crippen LogP contribution < -0.4 is 0 Å². The summed E-state index contributed by atoms with van der Waals surface area (Å²) in [7, 11) is 0. The van der Waals surface area contributed by atoms with E-state index in [1.807, 2.05) is 11.3 Å². The van der Waals surface area contributed by atoms with Crippen LogP contribution in [0.2, 0.25) is 0 Å². The van der Waals surface area contributed by atoms with Crippen LogP contribution in [0.5, 0.6) is 0 Å². The molecule has 1 fully saturated rings. The summed E-state index contributed by atoms with van der Waals surface area (Å²) in [6.45, 7) is 0. The van der Waals surface area contributed by atoms with Crippen LogP contribution in [0.25, 0.3) is 10.6 Å². The third kappa shape index (κ3) is 2.25. The molecule has 1 saturated carbocycles. The van der Waals surface area contributed by atoms with Gasteiger partial charge in [-0.3, -0.25) is 0 Å². The lowest BCUT2D eigenvalue weighted by molar-refractivity contribution is 0.256. The number of benzene rings is 1. The third-order valence-corrected chi connectivity index (χ3v) is 6.64. The van der Waals surface area contributed by atoms with Crippen LogP contribution in [0.3, 0.4) is 0 Å². The third-order valence-electron chi connectivity index (χ3n) is 4.96. The molecule has 0 unspecified atom stereocenters. The van der Waals surface area contributed by atoms with Crippen LogP contribution >= 0.6 is 27.3 Å². The second-order valence-electron chi connectivity index (χ2n) is 6.28. The van der Waals surface area contributed by atoms with E-state index in [0.29, 0.717) is 5.41 Å². The molecule has 2 aliphatic carbocycles. The number of rotatable bonds is 1. The van der Waals surface area contributed by atoms with Gasteiger partial charge in [-0.25, -0.2) is 4.98 Å². The second-order valence-corrected chi connectivity index (χ2v) is 8.28. The molecular weight excluding hydrogens is 330 g/mol. The molecular formula is C17H18BrNS. The van der Waals surface area contributed by atoms with E-state index in [2.05, 4.69) is 40.2 Å². The predicted octanol–water partition coefficient (Wildman–Crippen LogP) is 5.62. The highest BCUT2D eigenvalue weighted by molar-refractivity contribution is 9.10. The van der Waals surface area contributed by atoms with Gasteiger partial charge in [-0.15, -0.1) is 11.3 Å². The van der Waals surface area contributed by atoms with Crippen molar-refractivity contribution in [3.8, 4) is 10.6 Å². The van der Waals surface area contributed by atoms with Gasteiger partial charge in [0.25, 0.3) is 0 Å². The van der Waals surface area contributed by atoms with E-state index in [1.165, 1.54) is 61.2 Å². The molecule has 0 bridgehead atoms. The molecule has 1 heterocycles. The molecule has 0 aliphatic heterocycles. The van der Waals surface area contributed by atoms with Gasteiger partial charge < -0.3 is 0 Å². The smallest absolute Gasteiger partial charge is 0.123 e. The fourth-order valence-electron chi connectivity index (χ4n) is 3.80. The minimum Gasteiger partial charge on any atom is -0.241 e. The van der Waals surface area contributed by atoms with Gasteiger partial charge in [0.2, 0.25) is 0 Å². The Labute approximate surface area is 132 Å². The lowest BCUT2D eigenvalue weighted by Crippen LogP contribution is -2.24. The Morgan fingerprint density at radius 2 is 1.80 bits per heavy atom. The zero-order valence-corrected chi connectivity index (χ0v) is 13.9. The van der Waals surface area contributed by atoms with Crippen molar-refractivity contribution in [3.63, 3.8) is 0 Å². The van der Waals surface area contributed by atoms with E-state index in [9.17, 15) is 0 Å². The molecule has 0 radical (unpaired) electrons. The zero-order valence-electron chi connectivity index (χ0n) is 11.5. The molecule has 0 N–H and O–H groups in total. The molecule has 4 rings (SSSR count). The first-order chi connectivity index (χ1) is 9.74. The van der Waals surface area contributed by atoms with Crippen molar-refractivity contribution < 1.29 is 0 Å². The van der Waals surface area contributed by atoms with Crippen LogP contribution in [0, 0.1) is 5.41 Å². The van der Waals surface area contributed by atoms with Crippen molar-refractivity contribution in [3.05, 3.63) is 39.3 Å². The van der Waals surface area contributed by atoms with Crippen molar-refractivity contribution in [2.24, 2.45) is 5.41 Å². The number of aryl methyl sites for hydroxylation is 1. The Morgan fingerprint density at radius 3 is 2.55 bits per heavy atom. The maximum atomic E-state index is 4.91. The maximum absolute atomic E-state index is 4.91. The Bertz CT molecular complexity index is 623. The van der Waals surface area contributed by atoms with Crippen molar-refractivity contribution in [2.75, 3.05) is 0 Å². The van der Waals surface area contributed by atoms with Gasteiger partial charge in [-0.2, -0.15) is 0 Å². The van der Waals surface area contributed by atoms with E-state index in [-0.39, 0.29) is 0 Å². The van der Waals surface area contributed by atoms with Crippen molar-refractivity contribution in [1.29, 1.82) is 0 Å². The number of thiazole rings is 1. The molecule has 1 spiro atoms. The number of nitrogens with zero attached hydrogens (tertiary/aromatic N) is 1. The van der Waals surface area contributed by atoms with Crippen LogP contribution in [0.15, 0.2) is 28.7 Å². The summed E-state index contributed by atoms with van der Waals surface area (Å²) < 4.78 is 1.13. The Kier molecular flexibility index (Phi) is 3.23. The van der Waals surface area contributed by atoms with Gasteiger partial charge in [0.1, 0.15) is 5.01 Å². The first-order valence-corrected chi connectivity index (χ1v) is 9.10. The lowest BCUT2D eigenvalue weighted by atomic mass is 9.74. The molecule has 0 amide bonds. The van der Waals surface area contributed by atoms with Gasteiger partial charge in [0.05, 0.1) is 5.69 Å². The van der Waals surface area contributed by atoms with Gasteiger partial charge >= 0.3 is 0 Å². The largest absolute Gasteiger partial charge is 0.241 e. The van der Waals surface area contributed by atoms with Gasteiger partial charge in [0, 0.05) is 14.9 Å². The number of aromatic nitrogens is 1. The molecule has 1 nitrogen and oxygen atoms in total. The van der Waals surface area contributed by atoms with Crippen molar-refractivity contribution >= 4 is 27.3 Å². The average Bonchev–Trinajstić information content (AvgIpc) is 3.07. The summed E-state index contributed by atoms with van der Waals surface area (Å²) in [6, 6.07) is 8.54. The summed E-state index contributed by atoms with van der Waals surface area (Å²) in [5, 5.41) is 1.21. The summed E-state index contributed by atoms with van der Waals surface area (Å²) in [5.41, 5.74) is 3.27. The molecule has 2 aromatic rings. The highest BCUT2D eigenvalue weighted by Crippen LogP contribution is 2.49. The average molecular weight is 348 g/mol. The minimum atomic E-state index is 0.635. The molecule has 0 saturated heterocycles. The summed E-state index contributed by atoms with van der Waals surface area (Å²) >= 11 is 5.43. The number of fused-ring (bicyclic) bond motifs is 1. The number of halogens is 1. The normalized spacial score (nSPS) is 20.2. The molecule has 0 atom stereocenters. The lowest BCUT2D eigenvalue weighted by Gasteiger charge is -2.32. The molecule has 2 aliphatic rings. The van der Waals surface area contributed by atoms with Crippen LogP contribution in [-0.4, -0.2) is 4.98 Å². The van der Waals surface area contributed by atoms with Crippen LogP contribution in [-0.2, 0) is 12.8 Å². The summed E-state index contributed by atoms with van der Waals surface area (Å²) in [5.74, 6) is 0. The van der Waals surface area contributed by atoms with E-state index >= 15 is 0 Å². The van der Waals surface area contributed by atoms with Crippen LogP contribution in [0.1, 0.15) is 42.7 Å². The first kappa shape index (κ1) is 13.0. The molecule has 1 aromatic carbocycles. The predicted molar refractivity (Wildman–Crippen MR) is 88.2 cm³/mol. The molecule has 104 valence electrons. The second kappa shape index (κ2) is 4.96. The summed E-state index contributed by atoms with van der Waals surface area (Å²) in [6.07, 6.45) is 9.61. The van der Waals surface area contributed by atoms with Crippen LogP contribution in [0.4, 0.5) is 0 Å². The molecule has 3 heteroatoms. The number of hydrogen-bond acceptors (Lipinski definition) is 2. The van der Waals surface area contributed by atoms with Gasteiger partial charge in [0.15, 0.2) is 0 Å². The van der Waals surface area contributed by atoms with Gasteiger partial charge in [-0.1, -0.05) is 40.9 Å². The highest BCUT2D eigenvalue weighted by Gasteiger charge is 2.38. The zero-order chi connectivity index (χ0) is 13.6. The van der Waals surface area contributed by atoms with E-state index in [0.717, 1.165) is 4.47 Å². The standard InChI is InChI=1S/C17H18BrNS/c18-13-5-3-12(4-6-13)16-19-14-7-10-17(8-1-2-9-17)11-15(14)20-16/h3-6H,1-2,7-11H2. The Hall–Kier alpha value is -0.670. The Balaban J connectivity index is 1.66. The van der Waals surface area contributed by atoms with Crippen molar-refractivity contribution in [2.45, 2.75) is 44.9 Å². The van der Waals surface area contributed by atoms with Crippen molar-refractivity contribution in [1.82, 2.24) is 4.98 Å². The Morgan fingerprint density at radius 1 is 1.05 bits per heavy atom. The fourth-order valence-corrected chi connectivity index (χ4v) is 5.35. The fraction of sp³-hybridized carbons (Fsp3) is 0.471. The summed E-state index contributed by atoms with van der Waals surface area (Å²) in [4.78, 5) is 6.47. The SMILES string of the molecule is Brc1ccc(-c2nc3c(s2)CC2(CCCC2)CC3)cc1. The maximum Gasteiger partial charge on any atom is 0.123 e. The van der Waals surface area contributed by atoms with E-state index in [4.69, 9.17) is 4.98 Å². The monoisotopic (exact) mass is 347 g/mol. The molecule has 1 aromatic heterocycles. The number of hydrogen-bond donors (Lipinski definition) is 0. The van der Waals surface area contributed by atoms with E-state index < -0.39 is 0 Å². The highest BCUT2D eigenvalue weighted by atomic mass is 79.9. The molecule has 20 heavy (non-hydrogen) atoms. The topological polar surface area (TPSA) is 12.9 Å². The van der Waals surface area contributed by atoms with E-state index in [1.54, 1.807) is 4.88 Å².